The molecule has 4 N–H and O–H groups in total. The molecule has 3 unspecified atom stereocenters. The van der Waals surface area contributed by atoms with Crippen LogP contribution in [0, 0.1) is 17.2 Å². The average molecular weight is 319 g/mol. The van der Waals surface area contributed by atoms with Gasteiger partial charge in [-0.25, -0.2) is 0 Å². The van der Waals surface area contributed by atoms with Gasteiger partial charge in [0.1, 0.15) is 6.17 Å². The van der Waals surface area contributed by atoms with Crippen LogP contribution < -0.4 is 11.1 Å². The molecule has 0 radical (unpaired) electrons. The van der Waals surface area contributed by atoms with Crippen molar-refractivity contribution in [1.29, 1.82) is 5.41 Å². The lowest BCUT2D eigenvalue weighted by Crippen LogP contribution is -2.40. The van der Waals surface area contributed by atoms with Gasteiger partial charge >= 0.3 is 0 Å². The second-order valence-corrected chi connectivity index (χ2v) is 6.55. The summed E-state index contributed by atoms with van der Waals surface area (Å²) in [5.74, 6) is 1.26. The van der Waals surface area contributed by atoms with Gasteiger partial charge < -0.3 is 11.1 Å². The van der Waals surface area contributed by atoms with Crippen molar-refractivity contribution in [1.82, 2.24) is 5.32 Å². The predicted octanol–water partition coefficient (Wildman–Crippen LogP) is 4.48. The third-order valence-corrected chi connectivity index (χ3v) is 4.79. The summed E-state index contributed by atoms with van der Waals surface area (Å²) in [6.07, 6.45) is 5.97. The fraction of sp³-hybridized carbons (Fsp3) is 0.286. The van der Waals surface area contributed by atoms with Crippen molar-refractivity contribution in [3.63, 3.8) is 0 Å². The van der Waals surface area contributed by atoms with E-state index >= 15 is 0 Å². The lowest BCUT2D eigenvalue weighted by molar-refractivity contribution is 0.427. The first-order valence-electron chi connectivity index (χ1n) is 8.56. The van der Waals surface area contributed by atoms with E-state index in [1.165, 1.54) is 5.56 Å². The van der Waals surface area contributed by atoms with Gasteiger partial charge in [-0.3, -0.25) is 5.41 Å². The molecule has 0 spiro atoms. The van der Waals surface area contributed by atoms with E-state index in [1.54, 1.807) is 0 Å². The lowest BCUT2D eigenvalue weighted by Gasteiger charge is -2.28. The van der Waals surface area contributed by atoms with Gasteiger partial charge in [-0.1, -0.05) is 67.6 Å². The number of rotatable bonds is 4. The highest BCUT2D eigenvalue weighted by atomic mass is 15.1. The van der Waals surface area contributed by atoms with Crippen LogP contribution in [0.2, 0.25) is 0 Å². The van der Waals surface area contributed by atoms with E-state index in [4.69, 9.17) is 11.1 Å². The molecule has 3 rings (SSSR count). The first-order valence-corrected chi connectivity index (χ1v) is 8.56. The van der Waals surface area contributed by atoms with Crippen LogP contribution in [0.15, 0.2) is 66.7 Å². The monoisotopic (exact) mass is 319 g/mol. The quantitative estimate of drug-likeness (QED) is 0.337. The smallest absolute Gasteiger partial charge is 0.102 e. The van der Waals surface area contributed by atoms with Gasteiger partial charge in [0.05, 0.1) is 5.84 Å². The van der Waals surface area contributed by atoms with E-state index in [-0.39, 0.29) is 12.1 Å². The van der Waals surface area contributed by atoms with Crippen molar-refractivity contribution in [3.8, 4) is 11.1 Å². The van der Waals surface area contributed by atoms with E-state index in [1.807, 2.05) is 30.3 Å². The molecule has 0 saturated carbocycles. The molecule has 1 aliphatic rings. The Morgan fingerprint density at radius 3 is 2.50 bits per heavy atom. The zero-order chi connectivity index (χ0) is 16.9. The maximum Gasteiger partial charge on any atom is 0.102 e. The summed E-state index contributed by atoms with van der Waals surface area (Å²) in [6, 6.07) is 18.5. The topological polar surface area (TPSA) is 61.9 Å². The van der Waals surface area contributed by atoms with Crippen LogP contribution in [0.25, 0.3) is 11.1 Å². The molecule has 0 amide bonds. The Kier molecular flexibility index (Phi) is 5.11. The van der Waals surface area contributed by atoms with Crippen LogP contribution >= 0.6 is 0 Å². The SMILES string of the molecule is CC1CC=CCC1C(=N)NC(N)c1cccc(-c2ccccc2)c1. The molecule has 1 aliphatic carbocycles. The largest absolute Gasteiger partial charge is 0.355 e. The molecule has 2 aromatic rings. The minimum Gasteiger partial charge on any atom is -0.355 e. The molecule has 124 valence electrons. The van der Waals surface area contributed by atoms with Crippen LogP contribution in [0.4, 0.5) is 0 Å². The molecule has 3 nitrogen and oxygen atoms in total. The molecule has 0 bridgehead atoms. The minimum atomic E-state index is -0.362. The molecule has 3 heteroatoms. The van der Waals surface area contributed by atoms with E-state index < -0.39 is 0 Å². The Morgan fingerprint density at radius 1 is 1.04 bits per heavy atom. The van der Waals surface area contributed by atoms with Gasteiger partial charge in [0.2, 0.25) is 0 Å². The van der Waals surface area contributed by atoms with Gasteiger partial charge in [-0.15, -0.1) is 0 Å². The average Bonchev–Trinajstić information content (AvgIpc) is 2.63. The van der Waals surface area contributed by atoms with Gasteiger partial charge in [-0.2, -0.15) is 0 Å². The summed E-state index contributed by atoms with van der Waals surface area (Å²) in [6.45, 7) is 2.20. The standard InChI is InChI=1S/C21H25N3/c1-15-8-5-6-13-19(15)21(23)24-20(22)18-12-7-11-17(14-18)16-9-3-2-4-10-16/h2-7,9-12,14-15,19-20H,8,13,22H2,1H3,(H2,23,24). The molecular formula is C21H25N3. The molecule has 0 aliphatic heterocycles. The Hall–Kier alpha value is -2.39. The van der Waals surface area contributed by atoms with E-state index in [0.717, 1.165) is 24.0 Å². The van der Waals surface area contributed by atoms with E-state index in [2.05, 4.69) is 48.7 Å². The summed E-state index contributed by atoms with van der Waals surface area (Å²) in [5, 5.41) is 11.6. The summed E-state index contributed by atoms with van der Waals surface area (Å²) < 4.78 is 0. The van der Waals surface area contributed by atoms with Crippen LogP contribution in [0.5, 0.6) is 0 Å². The lowest BCUT2D eigenvalue weighted by atomic mass is 9.83. The number of allylic oxidation sites excluding steroid dienone is 2. The Bertz CT molecular complexity index is 721. The Morgan fingerprint density at radius 2 is 1.75 bits per heavy atom. The molecule has 3 atom stereocenters. The number of benzene rings is 2. The number of nitrogens with one attached hydrogen (secondary N) is 2. The van der Waals surface area contributed by atoms with Crippen LogP contribution in [-0.2, 0) is 0 Å². The van der Waals surface area contributed by atoms with Crippen LogP contribution in [0.3, 0.4) is 0 Å². The highest BCUT2D eigenvalue weighted by molar-refractivity contribution is 5.82. The first kappa shape index (κ1) is 16.5. The normalized spacial score (nSPS) is 21.2. The summed E-state index contributed by atoms with van der Waals surface area (Å²) in [7, 11) is 0. The number of hydrogen-bond acceptors (Lipinski definition) is 2. The highest BCUT2D eigenvalue weighted by Gasteiger charge is 2.24. The van der Waals surface area contributed by atoms with Crippen LogP contribution in [-0.4, -0.2) is 5.84 Å². The number of hydrogen-bond donors (Lipinski definition) is 3. The maximum absolute atomic E-state index is 8.39. The van der Waals surface area contributed by atoms with Crippen molar-refractivity contribution < 1.29 is 0 Å². The zero-order valence-corrected chi connectivity index (χ0v) is 14.1. The molecule has 0 fully saturated rings. The van der Waals surface area contributed by atoms with Crippen molar-refractivity contribution in [2.45, 2.75) is 25.9 Å². The molecular weight excluding hydrogens is 294 g/mol. The first-order chi connectivity index (χ1) is 11.6. The molecule has 0 aromatic heterocycles. The second kappa shape index (κ2) is 7.45. The third-order valence-electron chi connectivity index (χ3n) is 4.79. The Labute approximate surface area is 144 Å². The molecule has 0 saturated heterocycles. The van der Waals surface area contributed by atoms with Crippen LogP contribution in [0.1, 0.15) is 31.5 Å². The van der Waals surface area contributed by atoms with Gasteiger partial charge in [0.15, 0.2) is 0 Å². The maximum atomic E-state index is 8.39. The molecule has 2 aromatic carbocycles. The zero-order valence-electron chi connectivity index (χ0n) is 14.1. The van der Waals surface area contributed by atoms with E-state index in [9.17, 15) is 0 Å². The highest BCUT2D eigenvalue weighted by Crippen LogP contribution is 2.26. The minimum absolute atomic E-state index is 0.235. The summed E-state index contributed by atoms with van der Waals surface area (Å²) in [5.41, 5.74) is 9.64. The molecule has 24 heavy (non-hydrogen) atoms. The van der Waals surface area contributed by atoms with Crippen molar-refractivity contribution in [2.75, 3.05) is 0 Å². The van der Waals surface area contributed by atoms with Crippen molar-refractivity contribution in [2.24, 2.45) is 17.6 Å². The number of amidine groups is 1. The molecule has 0 heterocycles. The summed E-state index contributed by atoms with van der Waals surface area (Å²) >= 11 is 0. The van der Waals surface area contributed by atoms with Crippen molar-refractivity contribution in [3.05, 3.63) is 72.3 Å². The third kappa shape index (κ3) is 3.74. The van der Waals surface area contributed by atoms with E-state index in [0.29, 0.717) is 11.8 Å². The fourth-order valence-electron chi connectivity index (χ4n) is 3.25. The summed E-state index contributed by atoms with van der Waals surface area (Å²) in [4.78, 5) is 0. The van der Waals surface area contributed by atoms with Gasteiger partial charge in [0.25, 0.3) is 0 Å². The second-order valence-electron chi connectivity index (χ2n) is 6.55. The number of nitrogens with two attached hydrogens (primary N) is 1. The van der Waals surface area contributed by atoms with Gasteiger partial charge in [-0.05, 0) is 41.5 Å². The Balaban J connectivity index is 1.72. The van der Waals surface area contributed by atoms with Crippen molar-refractivity contribution >= 4 is 5.84 Å². The fourth-order valence-corrected chi connectivity index (χ4v) is 3.25. The predicted molar refractivity (Wildman–Crippen MR) is 101 cm³/mol. The van der Waals surface area contributed by atoms with Gasteiger partial charge in [0, 0.05) is 5.92 Å².